The summed E-state index contributed by atoms with van der Waals surface area (Å²) < 4.78 is 40.2. The van der Waals surface area contributed by atoms with Gasteiger partial charge in [0.2, 0.25) is 0 Å². The molecule has 3 aliphatic rings. The van der Waals surface area contributed by atoms with Crippen LogP contribution in [0.25, 0.3) is 10.9 Å². The molecule has 3 heterocycles. The van der Waals surface area contributed by atoms with Crippen molar-refractivity contribution in [2.45, 2.75) is 44.7 Å². The minimum absolute atomic E-state index is 0.00677. The van der Waals surface area contributed by atoms with Gasteiger partial charge in [-0.05, 0) is 74.8 Å². The van der Waals surface area contributed by atoms with Crippen LogP contribution in [0.2, 0.25) is 0 Å². The van der Waals surface area contributed by atoms with Gasteiger partial charge in [0.25, 0.3) is 0 Å². The first-order chi connectivity index (χ1) is 15.4. The number of carbonyl (C=O) groups is 1. The normalized spacial score (nSPS) is 23.2. The number of likely N-dealkylation sites (tertiary alicyclic amines) is 1. The van der Waals surface area contributed by atoms with Crippen LogP contribution in [0.1, 0.15) is 44.1 Å². The van der Waals surface area contributed by atoms with Crippen molar-refractivity contribution in [1.29, 1.82) is 0 Å². The Labute approximate surface area is 186 Å². The molecule has 1 atom stereocenters. The summed E-state index contributed by atoms with van der Waals surface area (Å²) in [6, 6.07) is 6.07. The summed E-state index contributed by atoms with van der Waals surface area (Å²) in [5, 5.41) is 0.522. The maximum absolute atomic E-state index is 13.4. The summed E-state index contributed by atoms with van der Waals surface area (Å²) in [7, 11) is 0. The predicted octanol–water partition coefficient (Wildman–Crippen LogP) is 5.16. The summed E-state index contributed by atoms with van der Waals surface area (Å²) >= 11 is 0. The largest absolute Gasteiger partial charge is 0.418 e. The number of halogens is 3. The monoisotopic (exact) mass is 445 g/mol. The lowest BCUT2D eigenvalue weighted by molar-refractivity contribution is -0.136. The van der Waals surface area contributed by atoms with E-state index in [1.807, 2.05) is 0 Å². The maximum Gasteiger partial charge on any atom is 0.418 e. The van der Waals surface area contributed by atoms with Gasteiger partial charge in [-0.2, -0.15) is 13.2 Å². The van der Waals surface area contributed by atoms with Gasteiger partial charge in [-0.25, -0.2) is 0 Å². The van der Waals surface area contributed by atoms with Crippen molar-refractivity contribution >= 4 is 22.4 Å². The Morgan fingerprint density at radius 1 is 1.00 bits per heavy atom. The number of rotatable bonds is 6. The lowest BCUT2D eigenvalue weighted by Crippen LogP contribution is -2.37. The zero-order valence-electron chi connectivity index (χ0n) is 18.3. The van der Waals surface area contributed by atoms with Crippen LogP contribution >= 0.6 is 0 Å². The number of benzene rings is 1. The SMILES string of the molecule is O=C(CC1CCN(CC2CC2)C1)C1CCN(c2ccc(C(F)(F)F)c3ncccc23)CC1. The molecule has 32 heavy (non-hydrogen) atoms. The van der Waals surface area contributed by atoms with Gasteiger partial charge >= 0.3 is 6.18 Å². The van der Waals surface area contributed by atoms with Gasteiger partial charge in [-0.3, -0.25) is 9.78 Å². The standard InChI is InChI=1S/C25H30F3N3O/c26-25(27,28)21-5-6-22(20-2-1-10-29-24(20)21)31-12-8-19(9-13-31)23(32)14-18-7-11-30(16-18)15-17-3-4-17/h1-2,5-6,10,17-19H,3-4,7-9,11-16H2. The summed E-state index contributed by atoms with van der Waals surface area (Å²) in [5.74, 6) is 1.83. The first-order valence-electron chi connectivity index (χ1n) is 11.8. The molecule has 2 saturated heterocycles. The number of nitrogens with zero attached hydrogens (tertiary/aromatic N) is 3. The molecule has 1 aromatic heterocycles. The van der Waals surface area contributed by atoms with Crippen molar-refractivity contribution < 1.29 is 18.0 Å². The molecule has 2 aromatic rings. The van der Waals surface area contributed by atoms with E-state index in [0.29, 0.717) is 36.6 Å². The molecule has 1 aliphatic carbocycles. The fraction of sp³-hybridized carbons (Fsp3) is 0.600. The quantitative estimate of drug-likeness (QED) is 0.615. The van der Waals surface area contributed by atoms with Crippen LogP contribution in [-0.4, -0.2) is 48.4 Å². The number of ketones is 1. The van der Waals surface area contributed by atoms with Gasteiger partial charge in [0, 0.05) is 55.8 Å². The second-order valence-corrected chi connectivity index (χ2v) is 9.82. The highest BCUT2D eigenvalue weighted by Gasteiger charge is 2.35. The third-order valence-corrected chi connectivity index (χ3v) is 7.42. The van der Waals surface area contributed by atoms with Crippen molar-refractivity contribution in [3.05, 3.63) is 36.0 Å². The van der Waals surface area contributed by atoms with Gasteiger partial charge in [0.05, 0.1) is 11.1 Å². The molecule has 0 N–H and O–H groups in total. The first kappa shape index (κ1) is 21.7. The molecule has 1 saturated carbocycles. The van der Waals surface area contributed by atoms with Crippen LogP contribution in [0.5, 0.6) is 0 Å². The molecule has 0 radical (unpaired) electrons. The summed E-state index contributed by atoms with van der Waals surface area (Å²) in [6.45, 7) is 4.76. The highest BCUT2D eigenvalue weighted by Crippen LogP contribution is 2.39. The van der Waals surface area contributed by atoms with Crippen LogP contribution in [0, 0.1) is 17.8 Å². The number of Topliss-reactive ketones (excluding diaryl/α,β-unsaturated/α-hetero) is 1. The van der Waals surface area contributed by atoms with E-state index in [1.165, 1.54) is 25.6 Å². The number of pyridine rings is 1. The highest BCUT2D eigenvalue weighted by atomic mass is 19.4. The average molecular weight is 446 g/mol. The van der Waals surface area contributed by atoms with Crippen LogP contribution < -0.4 is 4.90 Å². The molecule has 0 bridgehead atoms. The summed E-state index contributed by atoms with van der Waals surface area (Å²) in [6.07, 6.45) is 3.03. The van der Waals surface area contributed by atoms with E-state index < -0.39 is 11.7 Å². The number of alkyl halides is 3. The minimum Gasteiger partial charge on any atom is -0.371 e. The predicted molar refractivity (Wildman–Crippen MR) is 119 cm³/mol. The zero-order chi connectivity index (χ0) is 22.3. The van der Waals surface area contributed by atoms with E-state index in [4.69, 9.17) is 0 Å². The highest BCUT2D eigenvalue weighted by molar-refractivity contribution is 5.94. The van der Waals surface area contributed by atoms with E-state index in [0.717, 1.165) is 50.0 Å². The van der Waals surface area contributed by atoms with Gasteiger partial charge < -0.3 is 9.80 Å². The van der Waals surface area contributed by atoms with Crippen molar-refractivity contribution in [3.8, 4) is 0 Å². The topological polar surface area (TPSA) is 36.4 Å². The third kappa shape index (κ3) is 4.63. The molecule has 7 heteroatoms. The van der Waals surface area contributed by atoms with Gasteiger partial charge in [-0.1, -0.05) is 0 Å². The van der Waals surface area contributed by atoms with Crippen molar-refractivity contribution in [1.82, 2.24) is 9.88 Å². The molecule has 1 aromatic carbocycles. The Morgan fingerprint density at radius 2 is 1.78 bits per heavy atom. The van der Waals surface area contributed by atoms with Crippen LogP contribution in [0.15, 0.2) is 30.5 Å². The van der Waals surface area contributed by atoms with E-state index in [9.17, 15) is 18.0 Å². The van der Waals surface area contributed by atoms with Crippen LogP contribution in [0.4, 0.5) is 18.9 Å². The second-order valence-electron chi connectivity index (χ2n) is 9.82. The second kappa shape index (κ2) is 8.65. The summed E-state index contributed by atoms with van der Waals surface area (Å²) in [5.41, 5.74) is 0.0698. The molecule has 2 aliphatic heterocycles. The number of piperidine rings is 1. The van der Waals surface area contributed by atoms with Crippen LogP contribution in [-0.2, 0) is 11.0 Å². The average Bonchev–Trinajstić information content (AvgIpc) is 3.49. The lowest BCUT2D eigenvalue weighted by Gasteiger charge is -2.34. The Hall–Kier alpha value is -2.15. The fourth-order valence-corrected chi connectivity index (χ4v) is 5.47. The molecule has 0 amide bonds. The van der Waals surface area contributed by atoms with Gasteiger partial charge in [-0.15, -0.1) is 0 Å². The Balaban J connectivity index is 1.20. The maximum atomic E-state index is 13.4. The molecular formula is C25H30F3N3O. The summed E-state index contributed by atoms with van der Waals surface area (Å²) in [4.78, 5) is 21.6. The smallest absolute Gasteiger partial charge is 0.371 e. The Kier molecular flexibility index (Phi) is 5.86. The third-order valence-electron chi connectivity index (χ3n) is 7.42. The van der Waals surface area contributed by atoms with Crippen molar-refractivity contribution in [2.75, 3.05) is 37.6 Å². The van der Waals surface area contributed by atoms with Gasteiger partial charge in [0.1, 0.15) is 5.78 Å². The number of carbonyl (C=O) groups excluding carboxylic acids is 1. The fourth-order valence-electron chi connectivity index (χ4n) is 5.47. The van der Waals surface area contributed by atoms with Gasteiger partial charge in [0.15, 0.2) is 0 Å². The van der Waals surface area contributed by atoms with Crippen molar-refractivity contribution in [2.24, 2.45) is 17.8 Å². The number of anilines is 1. The number of aromatic nitrogens is 1. The molecule has 3 fully saturated rings. The van der Waals surface area contributed by atoms with E-state index in [-0.39, 0.29) is 11.4 Å². The molecular weight excluding hydrogens is 415 g/mol. The number of fused-ring (bicyclic) bond motifs is 1. The molecule has 1 unspecified atom stereocenters. The molecule has 172 valence electrons. The van der Waals surface area contributed by atoms with E-state index in [2.05, 4.69) is 14.8 Å². The molecule has 0 spiro atoms. The van der Waals surface area contributed by atoms with E-state index in [1.54, 1.807) is 18.2 Å². The molecule has 5 rings (SSSR count). The lowest BCUT2D eigenvalue weighted by atomic mass is 9.87. The Bertz CT molecular complexity index is 980. The van der Waals surface area contributed by atoms with Crippen molar-refractivity contribution in [3.63, 3.8) is 0 Å². The first-order valence-corrected chi connectivity index (χ1v) is 11.8. The number of hydrogen-bond acceptors (Lipinski definition) is 4. The zero-order valence-corrected chi connectivity index (χ0v) is 18.3. The molecule has 4 nitrogen and oxygen atoms in total. The number of hydrogen-bond donors (Lipinski definition) is 0. The van der Waals surface area contributed by atoms with E-state index >= 15 is 0 Å². The van der Waals surface area contributed by atoms with Crippen LogP contribution in [0.3, 0.4) is 0 Å². The minimum atomic E-state index is -4.43. The Morgan fingerprint density at radius 3 is 2.50 bits per heavy atom.